The summed E-state index contributed by atoms with van der Waals surface area (Å²) in [4.78, 5) is 19.4. The molecule has 2 fully saturated rings. The van der Waals surface area contributed by atoms with Crippen molar-refractivity contribution in [3.8, 4) is 5.69 Å². The number of benzene rings is 1. The molecule has 0 unspecified atom stereocenters. The maximum absolute atomic E-state index is 13.1. The zero-order valence-corrected chi connectivity index (χ0v) is 16.7. The first-order valence-corrected chi connectivity index (χ1v) is 10.5. The molecule has 2 aliphatic rings. The average molecular weight is 390 g/mol. The summed E-state index contributed by atoms with van der Waals surface area (Å²) in [6, 6.07) is 10.4. The third-order valence-corrected chi connectivity index (χ3v) is 6.12. The van der Waals surface area contributed by atoms with E-state index in [0.717, 1.165) is 60.7 Å². The SMILES string of the molecule is Cc1c(C(=O)N2CCC(NCC3CC3)CC2)nnn1-c1cccc2ncccc12. The van der Waals surface area contributed by atoms with Gasteiger partial charge in [-0.2, -0.15) is 0 Å². The predicted molar refractivity (Wildman–Crippen MR) is 111 cm³/mol. The van der Waals surface area contributed by atoms with Crippen LogP contribution in [0.1, 0.15) is 41.9 Å². The number of carbonyl (C=O) groups is 1. The van der Waals surface area contributed by atoms with E-state index in [0.29, 0.717) is 11.7 Å². The number of likely N-dealkylation sites (tertiary alicyclic amines) is 1. The first kappa shape index (κ1) is 18.2. The number of hydrogen-bond donors (Lipinski definition) is 1. The maximum atomic E-state index is 13.1. The Morgan fingerprint density at radius 2 is 1.97 bits per heavy atom. The number of nitrogens with zero attached hydrogens (tertiary/aromatic N) is 5. The summed E-state index contributed by atoms with van der Waals surface area (Å²) in [6.45, 7) is 4.58. The number of aromatic nitrogens is 4. The second-order valence-electron chi connectivity index (χ2n) is 8.20. The summed E-state index contributed by atoms with van der Waals surface area (Å²) in [5, 5.41) is 13.2. The fourth-order valence-electron chi connectivity index (χ4n) is 4.12. The highest BCUT2D eigenvalue weighted by Crippen LogP contribution is 2.28. The predicted octanol–water partition coefficient (Wildman–Crippen LogP) is 2.73. The number of hydrogen-bond acceptors (Lipinski definition) is 5. The Bertz CT molecular complexity index is 1030. The van der Waals surface area contributed by atoms with Gasteiger partial charge < -0.3 is 10.2 Å². The zero-order valence-electron chi connectivity index (χ0n) is 16.7. The number of pyridine rings is 1. The molecule has 1 N–H and O–H groups in total. The topological polar surface area (TPSA) is 75.9 Å². The number of piperidine rings is 1. The lowest BCUT2D eigenvalue weighted by molar-refractivity contribution is 0.0698. The first-order chi connectivity index (χ1) is 14.2. The molecule has 1 aromatic carbocycles. The summed E-state index contributed by atoms with van der Waals surface area (Å²) >= 11 is 0. The van der Waals surface area contributed by atoms with Gasteiger partial charge in [0.05, 0.1) is 16.9 Å². The average Bonchev–Trinajstić information content (AvgIpc) is 3.52. The van der Waals surface area contributed by atoms with Crippen LogP contribution in [0, 0.1) is 12.8 Å². The molecule has 1 aliphatic heterocycles. The van der Waals surface area contributed by atoms with Crippen LogP contribution >= 0.6 is 0 Å². The normalized spacial score (nSPS) is 17.8. The van der Waals surface area contributed by atoms with Gasteiger partial charge in [-0.05, 0) is 69.3 Å². The van der Waals surface area contributed by atoms with E-state index in [4.69, 9.17) is 0 Å². The lowest BCUT2D eigenvalue weighted by Crippen LogP contribution is -2.45. The monoisotopic (exact) mass is 390 g/mol. The second kappa shape index (κ2) is 7.55. The Kier molecular flexibility index (Phi) is 4.75. The Morgan fingerprint density at radius 3 is 2.76 bits per heavy atom. The van der Waals surface area contributed by atoms with E-state index in [2.05, 4.69) is 20.6 Å². The maximum Gasteiger partial charge on any atom is 0.276 e. The minimum Gasteiger partial charge on any atom is -0.337 e. The Hall–Kier alpha value is -2.80. The van der Waals surface area contributed by atoms with Gasteiger partial charge in [0.15, 0.2) is 5.69 Å². The van der Waals surface area contributed by atoms with Gasteiger partial charge in [-0.1, -0.05) is 11.3 Å². The lowest BCUT2D eigenvalue weighted by atomic mass is 10.0. The van der Waals surface area contributed by atoms with Crippen LogP contribution in [0.25, 0.3) is 16.6 Å². The van der Waals surface area contributed by atoms with E-state index in [9.17, 15) is 4.79 Å². The first-order valence-electron chi connectivity index (χ1n) is 10.5. The molecular weight excluding hydrogens is 364 g/mol. The molecular formula is C22H26N6O. The highest BCUT2D eigenvalue weighted by Gasteiger charge is 2.28. The van der Waals surface area contributed by atoms with Crippen molar-refractivity contribution >= 4 is 16.8 Å². The molecule has 3 aromatic rings. The number of amides is 1. The van der Waals surface area contributed by atoms with E-state index in [1.54, 1.807) is 10.9 Å². The largest absolute Gasteiger partial charge is 0.337 e. The molecule has 3 heterocycles. The van der Waals surface area contributed by atoms with Crippen molar-refractivity contribution < 1.29 is 4.79 Å². The highest BCUT2D eigenvalue weighted by molar-refractivity contribution is 5.94. The van der Waals surface area contributed by atoms with Crippen molar-refractivity contribution in [2.75, 3.05) is 19.6 Å². The van der Waals surface area contributed by atoms with E-state index < -0.39 is 0 Å². The van der Waals surface area contributed by atoms with Crippen LogP contribution in [0.3, 0.4) is 0 Å². The van der Waals surface area contributed by atoms with Crippen LogP contribution < -0.4 is 5.32 Å². The van der Waals surface area contributed by atoms with Crippen LogP contribution in [0.4, 0.5) is 0 Å². The minimum absolute atomic E-state index is 0.0206. The fourth-order valence-corrected chi connectivity index (χ4v) is 4.12. The smallest absolute Gasteiger partial charge is 0.276 e. The molecule has 1 aliphatic carbocycles. The van der Waals surface area contributed by atoms with E-state index >= 15 is 0 Å². The minimum atomic E-state index is -0.0206. The summed E-state index contributed by atoms with van der Waals surface area (Å²) in [5.74, 6) is 0.865. The van der Waals surface area contributed by atoms with Crippen molar-refractivity contribution in [1.82, 2.24) is 30.2 Å². The molecule has 29 heavy (non-hydrogen) atoms. The molecule has 150 valence electrons. The van der Waals surface area contributed by atoms with Crippen molar-refractivity contribution in [3.05, 3.63) is 47.9 Å². The van der Waals surface area contributed by atoms with Crippen LogP contribution in [0.15, 0.2) is 36.5 Å². The van der Waals surface area contributed by atoms with Crippen molar-refractivity contribution in [2.24, 2.45) is 5.92 Å². The molecule has 0 spiro atoms. The van der Waals surface area contributed by atoms with Gasteiger partial charge in [0, 0.05) is 30.7 Å². The van der Waals surface area contributed by atoms with E-state index in [-0.39, 0.29) is 5.91 Å². The molecule has 0 radical (unpaired) electrons. The summed E-state index contributed by atoms with van der Waals surface area (Å²) in [6.07, 6.45) is 6.51. The molecule has 1 saturated carbocycles. The summed E-state index contributed by atoms with van der Waals surface area (Å²) in [7, 11) is 0. The Balaban J connectivity index is 1.32. The molecule has 2 aromatic heterocycles. The van der Waals surface area contributed by atoms with Gasteiger partial charge in [0.25, 0.3) is 5.91 Å². The molecule has 0 atom stereocenters. The Labute approximate surface area is 170 Å². The van der Waals surface area contributed by atoms with Crippen LogP contribution in [0.5, 0.6) is 0 Å². The highest BCUT2D eigenvalue weighted by atomic mass is 16.2. The molecule has 0 bridgehead atoms. The number of nitrogens with one attached hydrogen (secondary N) is 1. The molecule has 1 amide bonds. The van der Waals surface area contributed by atoms with Gasteiger partial charge in [-0.3, -0.25) is 9.78 Å². The number of rotatable bonds is 5. The molecule has 5 rings (SSSR count). The van der Waals surface area contributed by atoms with Gasteiger partial charge in [-0.25, -0.2) is 4.68 Å². The van der Waals surface area contributed by atoms with E-state index in [1.807, 2.05) is 42.2 Å². The summed E-state index contributed by atoms with van der Waals surface area (Å²) in [5.41, 5.74) is 2.99. The third kappa shape index (κ3) is 3.62. The van der Waals surface area contributed by atoms with Gasteiger partial charge in [0.2, 0.25) is 0 Å². The third-order valence-electron chi connectivity index (χ3n) is 6.12. The van der Waals surface area contributed by atoms with Gasteiger partial charge in [0.1, 0.15) is 0 Å². The van der Waals surface area contributed by atoms with Crippen molar-refractivity contribution in [1.29, 1.82) is 0 Å². The van der Waals surface area contributed by atoms with Crippen molar-refractivity contribution in [2.45, 2.75) is 38.6 Å². The van der Waals surface area contributed by atoms with E-state index in [1.165, 1.54) is 12.8 Å². The van der Waals surface area contributed by atoms with Crippen LogP contribution in [-0.2, 0) is 0 Å². The van der Waals surface area contributed by atoms with Gasteiger partial charge in [-0.15, -0.1) is 5.10 Å². The molecule has 1 saturated heterocycles. The standard InChI is InChI=1S/C22H26N6O/c1-15-21(22(29)27-12-9-17(10-13-27)24-14-16-7-8-16)25-26-28(15)20-6-2-5-19-18(20)4-3-11-23-19/h2-6,11,16-17,24H,7-10,12-14H2,1H3. The fraction of sp³-hybridized carbons (Fsp3) is 0.455. The second-order valence-corrected chi connectivity index (χ2v) is 8.20. The van der Waals surface area contributed by atoms with Gasteiger partial charge >= 0.3 is 0 Å². The van der Waals surface area contributed by atoms with Crippen LogP contribution in [0.2, 0.25) is 0 Å². The molecule has 7 nitrogen and oxygen atoms in total. The lowest BCUT2D eigenvalue weighted by Gasteiger charge is -2.32. The Morgan fingerprint density at radius 1 is 1.14 bits per heavy atom. The van der Waals surface area contributed by atoms with Crippen LogP contribution in [-0.4, -0.2) is 56.5 Å². The number of carbonyl (C=O) groups excluding carboxylic acids is 1. The molecule has 7 heteroatoms. The van der Waals surface area contributed by atoms with Crippen molar-refractivity contribution in [3.63, 3.8) is 0 Å². The zero-order chi connectivity index (χ0) is 19.8. The quantitative estimate of drug-likeness (QED) is 0.725. The summed E-state index contributed by atoms with van der Waals surface area (Å²) < 4.78 is 1.75. The number of fused-ring (bicyclic) bond motifs is 1.